The molecule has 20 heavy (non-hydrogen) atoms. The molecule has 2 saturated heterocycles. The maximum atomic E-state index is 6.15. The number of piperidine rings is 1. The Hall–Kier alpha value is -0.0800. The van der Waals surface area contributed by atoms with E-state index in [1.807, 2.05) is 0 Å². The van der Waals surface area contributed by atoms with Gasteiger partial charge in [0.2, 0.25) is 0 Å². The summed E-state index contributed by atoms with van der Waals surface area (Å²) < 4.78 is 5.48. The number of ether oxygens (including phenoxy) is 1. The predicted octanol–water partition coefficient (Wildman–Crippen LogP) is 1.52. The van der Waals surface area contributed by atoms with Gasteiger partial charge in [-0.3, -0.25) is 4.99 Å². The second-order valence-corrected chi connectivity index (χ2v) is 5.95. The third-order valence-corrected chi connectivity index (χ3v) is 4.59. The molecule has 0 bridgehead atoms. The number of rotatable bonds is 3. The lowest BCUT2D eigenvalue weighted by atomic mass is 9.89. The van der Waals surface area contributed by atoms with Gasteiger partial charge in [0.15, 0.2) is 5.96 Å². The van der Waals surface area contributed by atoms with Crippen LogP contribution in [-0.4, -0.2) is 68.2 Å². The van der Waals surface area contributed by atoms with Crippen LogP contribution < -0.4 is 5.73 Å². The second kappa shape index (κ2) is 8.38. The van der Waals surface area contributed by atoms with Gasteiger partial charge in [-0.2, -0.15) is 0 Å². The predicted molar refractivity (Wildman–Crippen MR) is 93.8 cm³/mol. The van der Waals surface area contributed by atoms with Crippen LogP contribution in [0.15, 0.2) is 4.99 Å². The van der Waals surface area contributed by atoms with Crippen LogP contribution in [0.25, 0.3) is 0 Å². The zero-order chi connectivity index (χ0) is 13.7. The first-order valence-corrected chi connectivity index (χ1v) is 7.44. The third-order valence-electron chi connectivity index (χ3n) is 4.59. The van der Waals surface area contributed by atoms with Crippen LogP contribution in [0.2, 0.25) is 0 Å². The smallest absolute Gasteiger partial charge is 0.191 e. The molecule has 0 aromatic heterocycles. The van der Waals surface area contributed by atoms with Gasteiger partial charge in [0.1, 0.15) is 0 Å². The number of nitrogens with two attached hydrogens (primary N) is 1. The fourth-order valence-electron chi connectivity index (χ4n) is 2.95. The first-order chi connectivity index (χ1) is 9.14. The molecule has 0 unspecified atom stereocenters. The summed E-state index contributed by atoms with van der Waals surface area (Å²) in [5.74, 6) is 0.729. The van der Waals surface area contributed by atoms with E-state index >= 15 is 0 Å². The Morgan fingerprint density at radius 3 is 2.35 bits per heavy atom. The highest BCUT2D eigenvalue weighted by molar-refractivity contribution is 14.0. The normalized spacial score (nSPS) is 23.6. The van der Waals surface area contributed by atoms with Crippen LogP contribution >= 0.6 is 24.0 Å². The molecule has 0 radical (unpaired) electrons. The van der Waals surface area contributed by atoms with Crippen LogP contribution in [0.5, 0.6) is 0 Å². The molecule has 0 amide bonds. The molecule has 5 nitrogen and oxygen atoms in total. The summed E-state index contributed by atoms with van der Waals surface area (Å²) in [6.45, 7) is 4.57. The summed E-state index contributed by atoms with van der Waals surface area (Å²) >= 11 is 0. The standard InChI is InChI=1S/C14H28N4O.HI/c1-17(2)14(6-10-19-11-7-14)12-16-13(15)18-8-4-3-5-9-18;/h3-12H2,1-2H3,(H2,15,16);1H. The minimum absolute atomic E-state index is 0. The number of likely N-dealkylation sites (tertiary alicyclic amines) is 1. The number of hydrogen-bond acceptors (Lipinski definition) is 3. The van der Waals surface area contributed by atoms with E-state index in [9.17, 15) is 0 Å². The lowest BCUT2D eigenvalue weighted by molar-refractivity contribution is -0.00262. The molecule has 0 aromatic rings. The minimum Gasteiger partial charge on any atom is -0.381 e. The van der Waals surface area contributed by atoms with Crippen molar-refractivity contribution in [3.8, 4) is 0 Å². The molecule has 2 fully saturated rings. The Bertz CT molecular complexity index is 310. The quantitative estimate of drug-likeness (QED) is 0.447. The molecule has 0 atom stereocenters. The molecule has 2 aliphatic heterocycles. The van der Waals surface area contributed by atoms with Crippen molar-refractivity contribution in [2.75, 3.05) is 46.9 Å². The minimum atomic E-state index is 0. The molecular formula is C14H29IN4O. The summed E-state index contributed by atoms with van der Waals surface area (Å²) in [6.07, 6.45) is 5.88. The molecule has 2 aliphatic rings. The molecule has 0 aliphatic carbocycles. The average molecular weight is 396 g/mol. The van der Waals surface area contributed by atoms with Crippen LogP contribution in [-0.2, 0) is 4.74 Å². The zero-order valence-corrected chi connectivity index (χ0v) is 15.1. The molecular weight excluding hydrogens is 367 g/mol. The van der Waals surface area contributed by atoms with Crippen molar-refractivity contribution in [3.63, 3.8) is 0 Å². The van der Waals surface area contributed by atoms with Crippen molar-refractivity contribution < 1.29 is 4.74 Å². The maximum Gasteiger partial charge on any atom is 0.191 e. The highest BCUT2D eigenvalue weighted by atomic mass is 127. The Morgan fingerprint density at radius 2 is 1.80 bits per heavy atom. The van der Waals surface area contributed by atoms with E-state index < -0.39 is 0 Å². The first kappa shape index (κ1) is 18.0. The maximum absolute atomic E-state index is 6.15. The molecule has 0 aromatic carbocycles. The SMILES string of the molecule is CN(C)C1(CN=C(N)N2CCCCC2)CCOCC1.I. The number of guanidine groups is 1. The van der Waals surface area contributed by atoms with E-state index in [2.05, 4.69) is 28.9 Å². The van der Waals surface area contributed by atoms with E-state index in [1.165, 1.54) is 19.3 Å². The van der Waals surface area contributed by atoms with Gasteiger partial charge in [-0.1, -0.05) is 0 Å². The van der Waals surface area contributed by atoms with Crippen LogP contribution in [0, 0.1) is 0 Å². The van der Waals surface area contributed by atoms with Gasteiger partial charge in [-0.05, 0) is 46.2 Å². The van der Waals surface area contributed by atoms with E-state index in [1.54, 1.807) is 0 Å². The Morgan fingerprint density at radius 1 is 1.20 bits per heavy atom. The van der Waals surface area contributed by atoms with Crippen molar-refractivity contribution in [2.24, 2.45) is 10.7 Å². The molecule has 118 valence electrons. The summed E-state index contributed by atoms with van der Waals surface area (Å²) in [5, 5.41) is 0. The van der Waals surface area contributed by atoms with Crippen molar-refractivity contribution >= 4 is 29.9 Å². The Kier molecular flexibility index (Phi) is 7.53. The Balaban J connectivity index is 0.00000200. The van der Waals surface area contributed by atoms with Gasteiger partial charge in [0, 0.05) is 31.8 Å². The van der Waals surface area contributed by atoms with Crippen molar-refractivity contribution in [2.45, 2.75) is 37.6 Å². The van der Waals surface area contributed by atoms with Crippen LogP contribution in [0.3, 0.4) is 0 Å². The number of nitrogens with zero attached hydrogens (tertiary/aromatic N) is 3. The Labute approximate surface area is 139 Å². The molecule has 2 rings (SSSR count). The van der Waals surface area contributed by atoms with Crippen molar-refractivity contribution in [1.29, 1.82) is 0 Å². The lowest BCUT2D eigenvalue weighted by Crippen LogP contribution is -2.52. The van der Waals surface area contributed by atoms with Gasteiger partial charge >= 0.3 is 0 Å². The molecule has 0 saturated carbocycles. The first-order valence-electron chi connectivity index (χ1n) is 7.44. The summed E-state index contributed by atoms with van der Waals surface area (Å²) in [6, 6.07) is 0. The van der Waals surface area contributed by atoms with Gasteiger partial charge in [-0.25, -0.2) is 0 Å². The van der Waals surface area contributed by atoms with Crippen molar-refractivity contribution in [3.05, 3.63) is 0 Å². The zero-order valence-electron chi connectivity index (χ0n) is 12.8. The monoisotopic (exact) mass is 396 g/mol. The number of hydrogen-bond donors (Lipinski definition) is 1. The topological polar surface area (TPSA) is 54.1 Å². The number of aliphatic imine (C=N–C) groups is 1. The van der Waals surface area contributed by atoms with Gasteiger partial charge in [0.05, 0.1) is 6.54 Å². The highest BCUT2D eigenvalue weighted by Crippen LogP contribution is 2.26. The van der Waals surface area contributed by atoms with E-state index in [-0.39, 0.29) is 29.5 Å². The fraction of sp³-hybridized carbons (Fsp3) is 0.929. The second-order valence-electron chi connectivity index (χ2n) is 5.95. The van der Waals surface area contributed by atoms with E-state index in [0.717, 1.165) is 51.6 Å². The summed E-state index contributed by atoms with van der Waals surface area (Å²) in [7, 11) is 4.27. The summed E-state index contributed by atoms with van der Waals surface area (Å²) in [4.78, 5) is 9.21. The molecule has 2 N–H and O–H groups in total. The van der Waals surface area contributed by atoms with Gasteiger partial charge in [-0.15, -0.1) is 24.0 Å². The highest BCUT2D eigenvalue weighted by Gasteiger charge is 2.34. The summed E-state index contributed by atoms with van der Waals surface area (Å²) in [5.41, 5.74) is 6.27. The van der Waals surface area contributed by atoms with Crippen LogP contribution in [0.1, 0.15) is 32.1 Å². The van der Waals surface area contributed by atoms with E-state index in [0.29, 0.717) is 0 Å². The molecule has 0 spiro atoms. The third kappa shape index (κ3) is 4.46. The van der Waals surface area contributed by atoms with Gasteiger partial charge in [0.25, 0.3) is 0 Å². The molecule has 6 heteroatoms. The van der Waals surface area contributed by atoms with E-state index in [4.69, 9.17) is 10.5 Å². The van der Waals surface area contributed by atoms with Crippen molar-refractivity contribution in [1.82, 2.24) is 9.80 Å². The van der Waals surface area contributed by atoms with Gasteiger partial charge < -0.3 is 20.3 Å². The molecule has 2 heterocycles. The van der Waals surface area contributed by atoms with Crippen LogP contribution in [0.4, 0.5) is 0 Å². The largest absolute Gasteiger partial charge is 0.381 e. The fourth-order valence-corrected chi connectivity index (χ4v) is 2.95. The number of likely N-dealkylation sites (N-methyl/N-ethyl adjacent to an activating group) is 1. The lowest BCUT2D eigenvalue weighted by Gasteiger charge is -2.42. The number of halogens is 1. The average Bonchev–Trinajstić information content (AvgIpc) is 2.46.